The number of nitrogens with two attached hydrogens (primary N) is 2. The fourth-order valence-electron chi connectivity index (χ4n) is 0.292. The maximum absolute atomic E-state index is 5.11. The highest BCUT2D eigenvalue weighted by atomic mass is 16.6. The molecule has 0 saturated heterocycles. The van der Waals surface area contributed by atoms with Crippen molar-refractivity contribution in [2.24, 2.45) is 11.6 Å². The molecule has 0 aliphatic heterocycles. The second kappa shape index (κ2) is 10.7. The van der Waals surface area contributed by atoms with E-state index in [1.165, 1.54) is 0 Å². The topological polar surface area (TPSA) is 106 Å². The fourth-order valence-corrected chi connectivity index (χ4v) is 0.292. The smallest absolute Gasteiger partial charge is 0.0913 e. The Morgan fingerprint density at radius 1 is 1.11 bits per heavy atom. The lowest BCUT2D eigenvalue weighted by atomic mass is 10.7. The second-order valence-corrected chi connectivity index (χ2v) is 1.27. The van der Waals surface area contributed by atoms with Crippen LogP contribution in [0.5, 0.6) is 0 Å². The zero-order valence-electron chi connectivity index (χ0n) is 5.51. The van der Waals surface area contributed by atoms with Gasteiger partial charge in [0.15, 0.2) is 0 Å². The van der Waals surface area contributed by atoms with Gasteiger partial charge in [-0.25, -0.2) is 5.90 Å². The summed E-state index contributed by atoms with van der Waals surface area (Å²) in [4.78, 5) is 4.22. The summed E-state index contributed by atoms with van der Waals surface area (Å²) in [5.74, 6) is 4.70. The SMILES string of the molecule is N.NCCOCCON. The molecule has 5 heteroatoms. The van der Waals surface area contributed by atoms with Gasteiger partial charge in [0.05, 0.1) is 19.8 Å². The quantitative estimate of drug-likeness (QED) is 0.333. The van der Waals surface area contributed by atoms with Gasteiger partial charge in [-0.05, 0) is 0 Å². The molecule has 7 N–H and O–H groups in total. The summed E-state index contributed by atoms with van der Waals surface area (Å²) >= 11 is 0. The van der Waals surface area contributed by atoms with Crippen LogP contribution in [0.2, 0.25) is 0 Å². The minimum Gasteiger partial charge on any atom is -0.378 e. The van der Waals surface area contributed by atoms with E-state index in [0.29, 0.717) is 26.4 Å². The first-order valence-electron chi connectivity index (χ1n) is 2.51. The zero-order valence-corrected chi connectivity index (χ0v) is 5.51. The van der Waals surface area contributed by atoms with Crippen LogP contribution in [0.25, 0.3) is 0 Å². The van der Waals surface area contributed by atoms with E-state index >= 15 is 0 Å². The molecule has 0 aromatic heterocycles. The molecule has 9 heavy (non-hydrogen) atoms. The van der Waals surface area contributed by atoms with Gasteiger partial charge in [-0.3, -0.25) is 0 Å². The number of rotatable bonds is 5. The van der Waals surface area contributed by atoms with Gasteiger partial charge in [-0.15, -0.1) is 0 Å². The van der Waals surface area contributed by atoms with Gasteiger partial charge in [0.1, 0.15) is 0 Å². The van der Waals surface area contributed by atoms with Crippen molar-refractivity contribution < 1.29 is 9.57 Å². The van der Waals surface area contributed by atoms with Crippen molar-refractivity contribution in [3.8, 4) is 0 Å². The highest BCUT2D eigenvalue weighted by Crippen LogP contribution is 1.70. The molecular formula is C4H15N3O2. The predicted molar refractivity (Wildman–Crippen MR) is 35.0 cm³/mol. The van der Waals surface area contributed by atoms with Crippen molar-refractivity contribution in [2.45, 2.75) is 0 Å². The van der Waals surface area contributed by atoms with Crippen molar-refractivity contribution in [2.75, 3.05) is 26.4 Å². The molecule has 0 radical (unpaired) electrons. The van der Waals surface area contributed by atoms with Gasteiger partial charge in [0, 0.05) is 6.54 Å². The van der Waals surface area contributed by atoms with Gasteiger partial charge < -0.3 is 21.5 Å². The summed E-state index contributed by atoms with van der Waals surface area (Å²) < 4.78 is 4.89. The Hall–Kier alpha value is -0.200. The van der Waals surface area contributed by atoms with E-state index in [9.17, 15) is 0 Å². The number of hydrogen-bond acceptors (Lipinski definition) is 5. The largest absolute Gasteiger partial charge is 0.378 e. The van der Waals surface area contributed by atoms with Crippen LogP contribution in [0.3, 0.4) is 0 Å². The van der Waals surface area contributed by atoms with E-state index in [-0.39, 0.29) is 6.15 Å². The standard InChI is InChI=1S/C4H12N2O2.H3N/c5-1-2-7-3-4-8-6;/h1-6H2;1H3. The van der Waals surface area contributed by atoms with Crippen molar-refractivity contribution in [3.63, 3.8) is 0 Å². The molecule has 0 amide bonds. The molecule has 0 saturated carbocycles. The van der Waals surface area contributed by atoms with Crippen LogP contribution >= 0.6 is 0 Å². The third-order valence-electron chi connectivity index (χ3n) is 0.608. The third-order valence-corrected chi connectivity index (χ3v) is 0.608. The molecule has 0 unspecified atom stereocenters. The molecule has 5 nitrogen and oxygen atoms in total. The molecule has 0 bridgehead atoms. The maximum Gasteiger partial charge on any atom is 0.0913 e. The summed E-state index contributed by atoms with van der Waals surface area (Å²) in [7, 11) is 0. The third kappa shape index (κ3) is 11.4. The first kappa shape index (κ1) is 11.6. The van der Waals surface area contributed by atoms with E-state index in [4.69, 9.17) is 16.4 Å². The minimum absolute atomic E-state index is 0. The van der Waals surface area contributed by atoms with Crippen LogP contribution in [0.4, 0.5) is 0 Å². The van der Waals surface area contributed by atoms with Crippen LogP contribution in [0.1, 0.15) is 0 Å². The lowest BCUT2D eigenvalue weighted by molar-refractivity contribution is 0.0508. The Morgan fingerprint density at radius 3 is 2.22 bits per heavy atom. The average molecular weight is 137 g/mol. The first-order chi connectivity index (χ1) is 3.91. The molecule has 0 aliphatic carbocycles. The molecule has 0 rings (SSSR count). The van der Waals surface area contributed by atoms with Crippen LogP contribution in [0.15, 0.2) is 0 Å². The van der Waals surface area contributed by atoms with Crippen molar-refractivity contribution in [3.05, 3.63) is 0 Å². The normalized spacial score (nSPS) is 8.67. The molecule has 0 atom stereocenters. The molecule has 0 aromatic carbocycles. The van der Waals surface area contributed by atoms with Gasteiger partial charge >= 0.3 is 0 Å². The molecule has 0 spiro atoms. The minimum atomic E-state index is 0. The van der Waals surface area contributed by atoms with E-state index in [2.05, 4.69) is 4.84 Å². The highest BCUT2D eigenvalue weighted by molar-refractivity contribution is 4.29. The Kier molecular flexibility index (Phi) is 13.8. The second-order valence-electron chi connectivity index (χ2n) is 1.27. The van der Waals surface area contributed by atoms with Gasteiger partial charge in [-0.1, -0.05) is 0 Å². The summed E-state index contributed by atoms with van der Waals surface area (Å²) in [6.45, 7) is 2.07. The number of ether oxygens (including phenoxy) is 1. The van der Waals surface area contributed by atoms with Crippen LogP contribution in [0, 0.1) is 0 Å². The Balaban J connectivity index is 0. The van der Waals surface area contributed by atoms with E-state index < -0.39 is 0 Å². The maximum atomic E-state index is 5.11. The van der Waals surface area contributed by atoms with E-state index in [1.807, 2.05) is 0 Å². The molecule has 0 aromatic rings. The molecule has 0 aliphatic rings. The van der Waals surface area contributed by atoms with Gasteiger partial charge in [0.2, 0.25) is 0 Å². The van der Waals surface area contributed by atoms with Crippen LogP contribution in [-0.2, 0) is 9.57 Å². The molecule has 0 fully saturated rings. The van der Waals surface area contributed by atoms with E-state index in [0.717, 1.165) is 0 Å². The monoisotopic (exact) mass is 137 g/mol. The summed E-state index contributed by atoms with van der Waals surface area (Å²) in [5, 5.41) is 0. The Morgan fingerprint density at radius 2 is 1.78 bits per heavy atom. The zero-order chi connectivity index (χ0) is 6.24. The summed E-state index contributed by atoms with van der Waals surface area (Å²) in [5.41, 5.74) is 5.11. The Bertz CT molecular complexity index is 38.8. The lowest BCUT2D eigenvalue weighted by Gasteiger charge is -1.98. The van der Waals surface area contributed by atoms with Crippen molar-refractivity contribution in [1.82, 2.24) is 6.15 Å². The average Bonchev–Trinajstić information content (AvgIpc) is 1.81. The van der Waals surface area contributed by atoms with Crippen LogP contribution < -0.4 is 17.8 Å². The summed E-state index contributed by atoms with van der Waals surface area (Å²) in [6.07, 6.45) is 0. The fraction of sp³-hybridized carbons (Fsp3) is 1.00. The van der Waals surface area contributed by atoms with Gasteiger partial charge in [-0.2, -0.15) is 0 Å². The van der Waals surface area contributed by atoms with Gasteiger partial charge in [0.25, 0.3) is 0 Å². The molecular weight excluding hydrogens is 122 g/mol. The molecule has 58 valence electrons. The van der Waals surface area contributed by atoms with Crippen molar-refractivity contribution in [1.29, 1.82) is 0 Å². The van der Waals surface area contributed by atoms with E-state index in [1.54, 1.807) is 0 Å². The lowest BCUT2D eigenvalue weighted by Crippen LogP contribution is -2.13. The predicted octanol–water partition coefficient (Wildman–Crippen LogP) is -0.986. The first-order valence-corrected chi connectivity index (χ1v) is 2.51. The Labute approximate surface area is 54.8 Å². The molecule has 0 heterocycles. The van der Waals surface area contributed by atoms with Crippen LogP contribution in [-0.4, -0.2) is 26.4 Å². The highest BCUT2D eigenvalue weighted by Gasteiger charge is 1.82. The number of hydrogen-bond donors (Lipinski definition) is 3. The summed E-state index contributed by atoms with van der Waals surface area (Å²) in [6, 6.07) is 0. The van der Waals surface area contributed by atoms with Crippen molar-refractivity contribution >= 4 is 0 Å².